The van der Waals surface area contributed by atoms with Crippen LogP contribution in [0, 0.1) is 11.3 Å². The molecule has 3 atom stereocenters. The number of aliphatic hydroxyl groups is 1. The summed E-state index contributed by atoms with van der Waals surface area (Å²) in [6, 6.07) is 8.66. The summed E-state index contributed by atoms with van der Waals surface area (Å²) < 4.78 is 51.4. The number of aromatic nitrogens is 3. The van der Waals surface area contributed by atoms with Gasteiger partial charge in [-0.3, -0.25) is 9.48 Å². The number of ether oxygens (including phenoxy) is 2. The maximum atomic E-state index is 12.8. The van der Waals surface area contributed by atoms with E-state index in [-0.39, 0.29) is 36.2 Å². The molecule has 3 aromatic rings. The third-order valence-corrected chi connectivity index (χ3v) is 6.36. The molecule has 1 aliphatic heterocycles. The number of aliphatic hydroxyl groups excluding tert-OH is 1. The summed E-state index contributed by atoms with van der Waals surface area (Å²) in [7, 11) is 0. The first-order valence-corrected chi connectivity index (χ1v) is 12.2. The van der Waals surface area contributed by atoms with Gasteiger partial charge in [-0.1, -0.05) is 12.1 Å². The van der Waals surface area contributed by atoms with Crippen LogP contribution in [0.15, 0.2) is 41.3 Å². The van der Waals surface area contributed by atoms with E-state index >= 15 is 0 Å². The van der Waals surface area contributed by atoms with Crippen molar-refractivity contribution in [3.63, 3.8) is 0 Å². The van der Waals surface area contributed by atoms with Gasteiger partial charge in [-0.05, 0) is 57.4 Å². The molecule has 0 radical (unpaired) electrons. The number of halogens is 3. The van der Waals surface area contributed by atoms with Crippen LogP contribution < -0.4 is 10.9 Å². The predicted octanol–water partition coefficient (Wildman–Crippen LogP) is 4.19. The van der Waals surface area contributed by atoms with Crippen molar-refractivity contribution in [2.45, 2.75) is 69.6 Å². The van der Waals surface area contributed by atoms with E-state index in [4.69, 9.17) is 9.47 Å². The van der Waals surface area contributed by atoms with Crippen molar-refractivity contribution < 1.29 is 32.5 Å². The number of H-pyrrole nitrogens is 1. The van der Waals surface area contributed by atoms with E-state index < -0.39 is 41.1 Å². The van der Waals surface area contributed by atoms with Crippen molar-refractivity contribution in [2.24, 2.45) is 0 Å². The van der Waals surface area contributed by atoms with Gasteiger partial charge in [-0.25, -0.2) is 4.79 Å². The van der Waals surface area contributed by atoms with Gasteiger partial charge in [0, 0.05) is 11.9 Å². The van der Waals surface area contributed by atoms with Crippen molar-refractivity contribution in [3.05, 3.63) is 52.4 Å². The molecule has 0 spiro atoms. The second-order valence-corrected chi connectivity index (χ2v) is 10.4. The number of alkyl halides is 3. The summed E-state index contributed by atoms with van der Waals surface area (Å²) in [5.74, 6) is -0.390. The lowest BCUT2D eigenvalue weighted by molar-refractivity contribution is -0.206. The second-order valence-electron chi connectivity index (χ2n) is 10.4. The Kier molecular flexibility index (Phi) is 7.46. The number of benzene rings is 1. The minimum absolute atomic E-state index is 0.0267. The number of hydrogen-bond acceptors (Lipinski definition) is 8. The molecule has 3 N–H and O–H groups in total. The van der Waals surface area contributed by atoms with Gasteiger partial charge < -0.3 is 24.9 Å². The van der Waals surface area contributed by atoms with Crippen LogP contribution in [0.2, 0.25) is 0 Å². The monoisotopic (exact) mass is 547 g/mol. The zero-order valence-electron chi connectivity index (χ0n) is 21.5. The average molecular weight is 548 g/mol. The Labute approximate surface area is 221 Å². The standard InChI is InChI=1S/C26H28F3N5O5/c1-24(2,3)39-23(37)18-8-10-25(11-12-30,14-38-18)34-17-9-13-31-22(36)19(17)21(33-34)32-16-6-4-15(5-7-16)20(35)26(27,28)29/h4-7,9,13,18,20,35H,8,10-11,14H2,1-3H3,(H,31,36)(H,32,33)/t18-,20-,25-/m0/s1. The fourth-order valence-corrected chi connectivity index (χ4v) is 4.49. The van der Waals surface area contributed by atoms with Gasteiger partial charge >= 0.3 is 12.1 Å². The van der Waals surface area contributed by atoms with Crippen molar-refractivity contribution in [3.8, 4) is 6.07 Å². The molecule has 1 aliphatic rings. The second kappa shape index (κ2) is 10.3. The van der Waals surface area contributed by atoms with Crippen molar-refractivity contribution in [1.29, 1.82) is 5.26 Å². The number of anilines is 2. The smallest absolute Gasteiger partial charge is 0.418 e. The van der Waals surface area contributed by atoms with Crippen LogP contribution >= 0.6 is 0 Å². The molecule has 4 rings (SSSR count). The summed E-state index contributed by atoms with van der Waals surface area (Å²) in [5.41, 5.74) is -1.78. The SMILES string of the molecule is CC(C)(C)OC(=O)[C@@H]1CC[C@@](CC#N)(n2nc(Nc3ccc([C@H](O)C(F)(F)F)cc3)c3c(=O)[nH]ccc32)CO1. The Morgan fingerprint density at radius 3 is 2.59 bits per heavy atom. The molecule has 1 saturated heterocycles. The van der Waals surface area contributed by atoms with Gasteiger partial charge in [0.2, 0.25) is 0 Å². The molecule has 0 aliphatic carbocycles. The van der Waals surface area contributed by atoms with E-state index in [2.05, 4.69) is 21.5 Å². The van der Waals surface area contributed by atoms with Crippen LogP contribution in [0.5, 0.6) is 0 Å². The fourth-order valence-electron chi connectivity index (χ4n) is 4.49. The van der Waals surface area contributed by atoms with E-state index in [1.54, 1.807) is 26.8 Å². The van der Waals surface area contributed by atoms with Crippen LogP contribution in [0.4, 0.5) is 24.7 Å². The first-order valence-electron chi connectivity index (χ1n) is 12.2. The van der Waals surface area contributed by atoms with E-state index in [0.717, 1.165) is 12.1 Å². The van der Waals surface area contributed by atoms with Gasteiger partial charge in [0.05, 0.1) is 30.2 Å². The molecular weight excluding hydrogens is 519 g/mol. The summed E-state index contributed by atoms with van der Waals surface area (Å²) in [6.45, 7) is 5.21. The summed E-state index contributed by atoms with van der Waals surface area (Å²) >= 11 is 0. The molecule has 2 aromatic heterocycles. The topological polar surface area (TPSA) is 142 Å². The largest absolute Gasteiger partial charge is 0.458 e. The molecule has 1 aromatic carbocycles. The Hall–Kier alpha value is -3.89. The maximum Gasteiger partial charge on any atom is 0.418 e. The number of carbonyl (C=O) groups is 1. The number of aromatic amines is 1. The first kappa shape index (κ1) is 28.1. The van der Waals surface area contributed by atoms with Gasteiger partial charge in [-0.2, -0.15) is 23.5 Å². The maximum absolute atomic E-state index is 12.8. The number of rotatable bonds is 6. The number of fused-ring (bicyclic) bond motifs is 1. The number of nitrogens with one attached hydrogen (secondary N) is 2. The third kappa shape index (κ3) is 5.91. The van der Waals surface area contributed by atoms with E-state index in [0.29, 0.717) is 17.6 Å². The van der Waals surface area contributed by atoms with Gasteiger partial charge in [0.1, 0.15) is 11.0 Å². The number of nitriles is 1. The van der Waals surface area contributed by atoms with Crippen LogP contribution in [0.25, 0.3) is 10.9 Å². The highest BCUT2D eigenvalue weighted by atomic mass is 19.4. The van der Waals surface area contributed by atoms with E-state index in [1.807, 2.05) is 0 Å². The Bertz CT molecular complexity index is 1440. The highest BCUT2D eigenvalue weighted by molar-refractivity contribution is 5.91. The Morgan fingerprint density at radius 1 is 1.33 bits per heavy atom. The molecule has 0 unspecified atom stereocenters. The average Bonchev–Trinajstić information content (AvgIpc) is 3.23. The van der Waals surface area contributed by atoms with E-state index in [1.165, 1.54) is 23.0 Å². The number of esters is 1. The van der Waals surface area contributed by atoms with E-state index in [9.17, 15) is 33.1 Å². The molecule has 208 valence electrons. The fraction of sp³-hybridized carbons (Fsp3) is 0.462. The van der Waals surface area contributed by atoms with Crippen LogP contribution in [-0.2, 0) is 19.8 Å². The molecule has 39 heavy (non-hydrogen) atoms. The minimum Gasteiger partial charge on any atom is -0.458 e. The molecule has 3 heterocycles. The molecule has 10 nitrogen and oxygen atoms in total. The number of nitrogens with zero attached hydrogens (tertiary/aromatic N) is 3. The van der Waals surface area contributed by atoms with Crippen LogP contribution in [0.1, 0.15) is 51.7 Å². The molecule has 13 heteroatoms. The molecular formula is C26H28F3N5O5. The minimum atomic E-state index is -4.81. The first-order chi connectivity index (χ1) is 18.2. The van der Waals surface area contributed by atoms with Crippen LogP contribution in [-0.4, -0.2) is 50.3 Å². The van der Waals surface area contributed by atoms with Crippen molar-refractivity contribution >= 4 is 28.4 Å². The highest BCUT2D eigenvalue weighted by Gasteiger charge is 2.43. The summed E-state index contributed by atoms with van der Waals surface area (Å²) in [6.07, 6.45) is -6.25. The van der Waals surface area contributed by atoms with Crippen molar-refractivity contribution in [2.75, 3.05) is 11.9 Å². The predicted molar refractivity (Wildman–Crippen MR) is 134 cm³/mol. The lowest BCUT2D eigenvalue weighted by Gasteiger charge is -2.39. The van der Waals surface area contributed by atoms with Gasteiger partial charge in [0.15, 0.2) is 18.0 Å². The normalized spacial score (nSPS) is 20.8. The molecule has 1 fully saturated rings. The van der Waals surface area contributed by atoms with Gasteiger partial charge in [0.25, 0.3) is 5.56 Å². The lowest BCUT2D eigenvalue weighted by atomic mass is 9.87. The summed E-state index contributed by atoms with van der Waals surface area (Å²) in [5, 5.41) is 26.8. The van der Waals surface area contributed by atoms with Crippen molar-refractivity contribution in [1.82, 2.24) is 14.8 Å². The number of pyridine rings is 1. The zero-order valence-corrected chi connectivity index (χ0v) is 21.5. The lowest BCUT2D eigenvalue weighted by Crippen LogP contribution is -2.47. The highest BCUT2D eigenvalue weighted by Crippen LogP contribution is 2.38. The zero-order chi connectivity index (χ0) is 28.6. The molecule has 0 amide bonds. The summed E-state index contributed by atoms with van der Waals surface area (Å²) in [4.78, 5) is 27.9. The van der Waals surface area contributed by atoms with Crippen LogP contribution in [0.3, 0.4) is 0 Å². The molecule has 0 bridgehead atoms. The number of hydrogen-bond donors (Lipinski definition) is 3. The Balaban J connectivity index is 1.66. The third-order valence-electron chi connectivity index (χ3n) is 6.36. The van der Waals surface area contributed by atoms with Gasteiger partial charge in [-0.15, -0.1) is 0 Å². The Morgan fingerprint density at radius 2 is 2.03 bits per heavy atom. The quantitative estimate of drug-likeness (QED) is 0.390. The molecule has 0 saturated carbocycles. The number of carbonyl (C=O) groups excluding carboxylic acids is 1.